The highest BCUT2D eigenvalue weighted by atomic mass is 16.5. The number of carbonyl (C=O) groups excluding carboxylic acids is 2. The number of hydrogen-bond acceptors (Lipinski definition) is 4. The highest BCUT2D eigenvalue weighted by Crippen LogP contribution is 2.40. The van der Waals surface area contributed by atoms with Crippen LogP contribution in [0.15, 0.2) is 116 Å². The Balaban J connectivity index is 1.87. The summed E-state index contributed by atoms with van der Waals surface area (Å²) in [4.78, 5) is 28.8. The quantitative estimate of drug-likeness (QED) is 0.229. The van der Waals surface area contributed by atoms with Crippen molar-refractivity contribution in [2.45, 2.75) is 18.0 Å². The number of aromatic nitrogens is 2. The first-order valence-electron chi connectivity index (χ1n) is 11.3. The van der Waals surface area contributed by atoms with Gasteiger partial charge in [0.05, 0.1) is 19.1 Å². The molecule has 1 atom stereocenters. The Morgan fingerprint density at radius 3 is 1.86 bits per heavy atom. The summed E-state index contributed by atoms with van der Waals surface area (Å²) < 4.78 is 6.95. The van der Waals surface area contributed by atoms with Crippen LogP contribution in [-0.2, 0) is 26.3 Å². The summed E-state index contributed by atoms with van der Waals surface area (Å²) in [5.41, 5.74) is 3.11. The summed E-state index contributed by atoms with van der Waals surface area (Å²) >= 11 is 0. The molecule has 0 saturated heterocycles. The third-order valence-electron chi connectivity index (χ3n) is 6.00. The van der Waals surface area contributed by atoms with Crippen LogP contribution in [0.5, 0.6) is 0 Å². The lowest BCUT2D eigenvalue weighted by atomic mass is 9.77. The van der Waals surface area contributed by atoms with Gasteiger partial charge < -0.3 is 14.6 Å². The smallest absolute Gasteiger partial charge is 0.328 e. The van der Waals surface area contributed by atoms with Crippen molar-refractivity contribution < 1.29 is 14.3 Å². The van der Waals surface area contributed by atoms with Crippen molar-refractivity contribution in [3.8, 4) is 0 Å². The van der Waals surface area contributed by atoms with E-state index in [-0.39, 0.29) is 6.42 Å². The van der Waals surface area contributed by atoms with Crippen LogP contribution in [-0.4, -0.2) is 34.6 Å². The van der Waals surface area contributed by atoms with Crippen molar-refractivity contribution in [2.24, 2.45) is 0 Å². The predicted octanol–water partition coefficient (Wildman–Crippen LogP) is 4.11. The summed E-state index contributed by atoms with van der Waals surface area (Å²) in [6.45, 7) is 3.46. The van der Waals surface area contributed by atoms with Crippen LogP contribution in [0.1, 0.15) is 22.4 Å². The fraction of sp³-hybridized carbons (Fsp3) is 0.138. The van der Waals surface area contributed by atoms with Gasteiger partial charge in [-0.1, -0.05) is 97.6 Å². The van der Waals surface area contributed by atoms with Crippen LogP contribution in [0, 0.1) is 0 Å². The second-order valence-corrected chi connectivity index (χ2v) is 8.07. The largest absolute Gasteiger partial charge is 0.467 e. The van der Waals surface area contributed by atoms with Crippen molar-refractivity contribution in [1.82, 2.24) is 14.9 Å². The van der Waals surface area contributed by atoms with Gasteiger partial charge in [-0.3, -0.25) is 4.79 Å². The molecule has 0 saturated carbocycles. The molecule has 0 unspecified atom stereocenters. The van der Waals surface area contributed by atoms with E-state index >= 15 is 0 Å². The van der Waals surface area contributed by atoms with Gasteiger partial charge in [0.15, 0.2) is 0 Å². The van der Waals surface area contributed by atoms with Crippen LogP contribution in [0.25, 0.3) is 0 Å². The van der Waals surface area contributed by atoms with Crippen molar-refractivity contribution in [1.29, 1.82) is 0 Å². The minimum atomic E-state index is -0.881. The maximum absolute atomic E-state index is 12.3. The number of esters is 1. The van der Waals surface area contributed by atoms with E-state index in [2.05, 4.69) is 57.8 Å². The molecule has 0 aliphatic rings. The number of ether oxygens (including phenoxy) is 1. The lowest BCUT2D eigenvalue weighted by Gasteiger charge is -2.37. The van der Waals surface area contributed by atoms with Crippen LogP contribution in [0.4, 0.5) is 0 Å². The predicted molar refractivity (Wildman–Crippen MR) is 135 cm³/mol. The van der Waals surface area contributed by atoms with E-state index in [0.717, 1.165) is 22.8 Å². The number of hydrogen-bond donors (Lipinski definition) is 1. The summed E-state index contributed by atoms with van der Waals surface area (Å²) in [5.74, 6) is -0.998. The number of amides is 1. The molecule has 1 amide bonds. The molecule has 4 rings (SSSR count). The van der Waals surface area contributed by atoms with E-state index in [4.69, 9.17) is 4.74 Å². The van der Waals surface area contributed by atoms with Gasteiger partial charge in [-0.05, 0) is 22.8 Å². The number of benzene rings is 3. The minimum Gasteiger partial charge on any atom is -0.467 e. The third-order valence-corrected chi connectivity index (χ3v) is 6.00. The van der Waals surface area contributed by atoms with E-state index in [1.165, 1.54) is 7.11 Å². The second kappa shape index (κ2) is 10.7. The summed E-state index contributed by atoms with van der Waals surface area (Å²) in [7, 11) is 1.29. The first-order valence-corrected chi connectivity index (χ1v) is 11.3. The third kappa shape index (κ3) is 4.77. The van der Waals surface area contributed by atoms with Gasteiger partial charge in [0.2, 0.25) is 5.91 Å². The van der Waals surface area contributed by atoms with E-state index in [1.54, 1.807) is 6.33 Å². The van der Waals surface area contributed by atoms with Gasteiger partial charge in [0.1, 0.15) is 11.6 Å². The molecule has 1 heterocycles. The van der Waals surface area contributed by atoms with Crippen LogP contribution >= 0.6 is 0 Å². The number of methoxy groups -OCH3 is 1. The van der Waals surface area contributed by atoms with Crippen molar-refractivity contribution in [3.05, 3.63) is 139 Å². The van der Waals surface area contributed by atoms with Crippen LogP contribution in [0.2, 0.25) is 0 Å². The molecule has 35 heavy (non-hydrogen) atoms. The molecule has 0 radical (unpaired) electrons. The Morgan fingerprint density at radius 2 is 1.43 bits per heavy atom. The maximum atomic E-state index is 12.3. The van der Waals surface area contributed by atoms with E-state index in [9.17, 15) is 9.59 Å². The lowest BCUT2D eigenvalue weighted by molar-refractivity contribution is -0.144. The summed E-state index contributed by atoms with van der Waals surface area (Å²) in [6, 6.07) is 29.8. The number of rotatable bonds is 9. The topological polar surface area (TPSA) is 73.2 Å². The molecular weight excluding hydrogens is 438 g/mol. The molecule has 0 spiro atoms. The fourth-order valence-electron chi connectivity index (χ4n) is 4.41. The zero-order valence-electron chi connectivity index (χ0n) is 19.5. The van der Waals surface area contributed by atoms with Gasteiger partial charge in [-0.25, -0.2) is 9.78 Å². The molecule has 176 valence electrons. The molecular formula is C29H27N3O3. The molecule has 1 N–H and O–H groups in total. The summed E-state index contributed by atoms with van der Waals surface area (Å²) in [5, 5.41) is 2.63. The molecule has 3 aromatic carbocycles. The Bertz CT molecular complexity index is 1190. The zero-order chi connectivity index (χ0) is 24.7. The van der Waals surface area contributed by atoms with E-state index < -0.39 is 23.5 Å². The lowest BCUT2D eigenvalue weighted by Crippen LogP contribution is -2.42. The number of nitrogens with one attached hydrogen (secondary N) is 1. The monoisotopic (exact) mass is 465 g/mol. The molecule has 0 bridgehead atoms. The molecule has 0 fully saturated rings. The minimum absolute atomic E-state index is 0.174. The van der Waals surface area contributed by atoms with Gasteiger partial charge in [-0.15, -0.1) is 0 Å². The Morgan fingerprint density at radius 1 is 0.943 bits per heavy atom. The van der Waals surface area contributed by atoms with Crippen LogP contribution in [0.3, 0.4) is 0 Å². The number of carbonyl (C=O) groups is 2. The molecule has 4 aromatic rings. The van der Waals surface area contributed by atoms with E-state index in [0.29, 0.717) is 5.69 Å². The Labute approximate surface area is 204 Å². The summed E-state index contributed by atoms with van der Waals surface area (Å²) in [6.07, 6.45) is 4.99. The number of nitrogens with zero attached hydrogens (tertiary/aromatic N) is 2. The standard InChI is InChI=1S/C29H27N3O3/c1-3-27(33)31-26(28(34)35-2)19-25-20-32(21-30-25)29(22-13-7-4-8-14-22,23-15-9-5-10-16-23)24-17-11-6-12-18-24/h3-18,20-21,26H,1,19H2,2H3,(H,31,33)/t26-/m0/s1. The average molecular weight is 466 g/mol. The van der Waals surface area contributed by atoms with Gasteiger partial charge >= 0.3 is 5.97 Å². The van der Waals surface area contributed by atoms with Crippen molar-refractivity contribution >= 4 is 11.9 Å². The zero-order valence-corrected chi connectivity index (χ0v) is 19.5. The first-order chi connectivity index (χ1) is 17.1. The highest BCUT2D eigenvalue weighted by Gasteiger charge is 2.38. The number of imidazole rings is 1. The maximum Gasteiger partial charge on any atom is 0.328 e. The molecule has 0 aliphatic carbocycles. The van der Waals surface area contributed by atoms with Crippen molar-refractivity contribution in [3.63, 3.8) is 0 Å². The molecule has 0 aliphatic heterocycles. The molecule has 6 heteroatoms. The van der Waals surface area contributed by atoms with Crippen LogP contribution < -0.4 is 5.32 Å². The SMILES string of the molecule is C=CC(=O)N[C@@H](Cc1cn(C(c2ccccc2)(c2ccccc2)c2ccccc2)cn1)C(=O)OC. The van der Waals surface area contributed by atoms with Gasteiger partial charge in [0, 0.05) is 12.6 Å². The first kappa shape index (κ1) is 23.7. The molecule has 6 nitrogen and oxygen atoms in total. The second-order valence-electron chi connectivity index (χ2n) is 8.07. The molecule has 1 aromatic heterocycles. The Kier molecular flexibility index (Phi) is 7.21. The Hall–Kier alpha value is -4.45. The normalized spacial score (nSPS) is 11.9. The van der Waals surface area contributed by atoms with E-state index in [1.807, 2.05) is 60.8 Å². The van der Waals surface area contributed by atoms with Gasteiger partial charge in [-0.2, -0.15) is 0 Å². The average Bonchev–Trinajstić information content (AvgIpc) is 3.38. The highest BCUT2D eigenvalue weighted by molar-refractivity contribution is 5.91. The van der Waals surface area contributed by atoms with Crippen molar-refractivity contribution in [2.75, 3.05) is 7.11 Å². The fourth-order valence-corrected chi connectivity index (χ4v) is 4.41. The van der Waals surface area contributed by atoms with Gasteiger partial charge in [0.25, 0.3) is 0 Å².